The van der Waals surface area contributed by atoms with E-state index in [0.717, 1.165) is 5.56 Å². The van der Waals surface area contributed by atoms with Crippen molar-refractivity contribution in [3.05, 3.63) is 55.4 Å². The number of aryl methyl sites for hydroxylation is 2. The van der Waals surface area contributed by atoms with E-state index in [9.17, 15) is 18.4 Å². The van der Waals surface area contributed by atoms with Gasteiger partial charge in [-0.1, -0.05) is 23.7 Å². The number of nitrogens with zero attached hydrogens (tertiary/aromatic N) is 4. The lowest BCUT2D eigenvalue weighted by molar-refractivity contribution is -0.0582. The molecule has 0 saturated heterocycles. The number of fused-ring (bicyclic) bond motifs is 1. The maximum absolute atomic E-state index is 13.4. The molecule has 0 aliphatic heterocycles. The van der Waals surface area contributed by atoms with Crippen molar-refractivity contribution < 1.29 is 13.5 Å². The minimum Gasteiger partial charge on any atom is -0.489 e. The van der Waals surface area contributed by atoms with Gasteiger partial charge in [-0.3, -0.25) is 13.9 Å². The fraction of sp³-hybridized carbons (Fsp3) is 0.458. The van der Waals surface area contributed by atoms with Gasteiger partial charge in [-0.2, -0.15) is 0 Å². The van der Waals surface area contributed by atoms with E-state index in [0.29, 0.717) is 47.1 Å². The first-order valence-corrected chi connectivity index (χ1v) is 11.7. The molecule has 0 radical (unpaired) electrons. The highest BCUT2D eigenvalue weighted by Gasteiger charge is 2.35. The van der Waals surface area contributed by atoms with Crippen molar-refractivity contribution >= 4 is 34.9 Å². The molecule has 2 heterocycles. The Kier molecular flexibility index (Phi) is 6.66. The Morgan fingerprint density at radius 3 is 2.44 bits per heavy atom. The number of imidazole rings is 1. The van der Waals surface area contributed by atoms with Crippen molar-refractivity contribution in [3.63, 3.8) is 0 Å². The molecular formula is C24H27ClF2N4O3. The molecular weight excluding hydrogens is 466 g/mol. The molecule has 1 aromatic carbocycles. The molecule has 7 nitrogen and oxygen atoms in total. The minimum absolute atomic E-state index is 0.177. The van der Waals surface area contributed by atoms with Gasteiger partial charge >= 0.3 is 5.69 Å². The van der Waals surface area contributed by atoms with Crippen molar-refractivity contribution in [2.45, 2.75) is 64.6 Å². The zero-order valence-electron chi connectivity index (χ0n) is 19.4. The van der Waals surface area contributed by atoms with Crippen LogP contribution in [0.1, 0.15) is 50.9 Å². The molecule has 0 bridgehead atoms. The van der Waals surface area contributed by atoms with Crippen LogP contribution in [0, 0.1) is 0 Å². The predicted octanol–water partition coefficient (Wildman–Crippen LogP) is 4.72. The first-order chi connectivity index (χ1) is 16.1. The van der Waals surface area contributed by atoms with Gasteiger partial charge in [-0.05, 0) is 50.5 Å². The summed E-state index contributed by atoms with van der Waals surface area (Å²) in [4.78, 5) is 30.0. The number of alkyl halides is 2. The molecule has 1 saturated carbocycles. The van der Waals surface area contributed by atoms with Crippen LogP contribution in [0.15, 0.2) is 27.8 Å². The van der Waals surface area contributed by atoms with Crippen LogP contribution in [0.5, 0.6) is 5.75 Å². The van der Waals surface area contributed by atoms with E-state index in [1.165, 1.54) is 9.13 Å². The van der Waals surface area contributed by atoms with Crippen LogP contribution in [-0.2, 0) is 20.1 Å². The topological polar surface area (TPSA) is 71.1 Å². The van der Waals surface area contributed by atoms with Gasteiger partial charge < -0.3 is 9.30 Å². The molecule has 1 aliphatic rings. The molecule has 0 unspecified atom stereocenters. The van der Waals surface area contributed by atoms with E-state index in [4.69, 9.17) is 16.3 Å². The molecule has 34 heavy (non-hydrogen) atoms. The van der Waals surface area contributed by atoms with E-state index in [1.807, 2.05) is 13.0 Å². The molecule has 0 atom stereocenters. The van der Waals surface area contributed by atoms with Crippen molar-refractivity contribution in [3.8, 4) is 5.75 Å². The first-order valence-electron chi connectivity index (χ1n) is 11.4. The quantitative estimate of drug-likeness (QED) is 0.499. The maximum atomic E-state index is 13.4. The Balaban J connectivity index is 1.59. The summed E-state index contributed by atoms with van der Waals surface area (Å²) in [5.74, 6) is -1.63. The maximum Gasteiger partial charge on any atom is 0.332 e. The summed E-state index contributed by atoms with van der Waals surface area (Å²) in [5, 5.41) is 0.384. The standard InChI is InChI=1S/C24H27ClF2N4O3/c1-4-30-21-20(22(32)31(5-2)23(30)33)29(3)19(28-21)9-7-15-6-8-18(17(25)14-15)34-16-10-12-24(26,27)13-11-16/h6-9,14,16H,4-5,10-13H2,1-3H3/b9-7+. The first kappa shape index (κ1) is 24.2. The molecule has 182 valence electrons. The lowest BCUT2D eigenvalue weighted by Crippen LogP contribution is -2.39. The summed E-state index contributed by atoms with van der Waals surface area (Å²) in [5.41, 5.74) is 0.748. The molecule has 1 fully saturated rings. The molecule has 0 N–H and O–H groups in total. The van der Waals surface area contributed by atoms with Gasteiger partial charge in [0.05, 0.1) is 11.1 Å². The summed E-state index contributed by atoms with van der Waals surface area (Å²) >= 11 is 6.38. The number of ether oxygens (including phenoxy) is 1. The van der Waals surface area contributed by atoms with E-state index >= 15 is 0 Å². The number of rotatable bonds is 6. The van der Waals surface area contributed by atoms with E-state index in [2.05, 4.69) is 4.98 Å². The zero-order chi connectivity index (χ0) is 24.6. The highest BCUT2D eigenvalue weighted by atomic mass is 35.5. The smallest absolute Gasteiger partial charge is 0.332 e. The van der Waals surface area contributed by atoms with Crippen LogP contribution in [0.3, 0.4) is 0 Å². The monoisotopic (exact) mass is 492 g/mol. The summed E-state index contributed by atoms with van der Waals surface area (Å²) in [6, 6.07) is 5.25. The normalized spacial score (nSPS) is 16.5. The van der Waals surface area contributed by atoms with Crippen LogP contribution < -0.4 is 16.0 Å². The van der Waals surface area contributed by atoms with E-state index in [-0.39, 0.29) is 36.7 Å². The molecule has 10 heteroatoms. The summed E-state index contributed by atoms with van der Waals surface area (Å²) < 4.78 is 36.9. The lowest BCUT2D eigenvalue weighted by Gasteiger charge is -2.28. The van der Waals surface area contributed by atoms with Crippen molar-refractivity contribution in [2.75, 3.05) is 0 Å². The fourth-order valence-corrected chi connectivity index (χ4v) is 4.52. The van der Waals surface area contributed by atoms with Crippen molar-refractivity contribution in [1.29, 1.82) is 0 Å². The van der Waals surface area contributed by atoms with Gasteiger partial charge in [0, 0.05) is 33.0 Å². The Bertz CT molecular complexity index is 1360. The number of benzene rings is 1. The van der Waals surface area contributed by atoms with Crippen LogP contribution in [-0.4, -0.2) is 30.7 Å². The molecule has 1 aliphatic carbocycles. The van der Waals surface area contributed by atoms with Gasteiger partial charge in [0.1, 0.15) is 11.6 Å². The van der Waals surface area contributed by atoms with E-state index < -0.39 is 5.92 Å². The predicted molar refractivity (Wildman–Crippen MR) is 129 cm³/mol. The lowest BCUT2D eigenvalue weighted by atomic mass is 9.94. The third-order valence-electron chi connectivity index (χ3n) is 6.25. The third kappa shape index (κ3) is 4.53. The number of hydrogen-bond donors (Lipinski definition) is 0. The highest BCUT2D eigenvalue weighted by molar-refractivity contribution is 6.32. The van der Waals surface area contributed by atoms with Crippen LogP contribution in [0.4, 0.5) is 8.78 Å². The molecule has 4 rings (SSSR count). The Labute approximate surface area is 200 Å². The Morgan fingerprint density at radius 2 is 1.82 bits per heavy atom. The average molecular weight is 493 g/mol. The second-order valence-corrected chi connectivity index (χ2v) is 8.88. The van der Waals surface area contributed by atoms with Gasteiger partial charge in [-0.25, -0.2) is 18.6 Å². The SMILES string of the molecule is CCn1c(=O)c2c(nc(/C=C/c3ccc(OC4CCC(F)(F)CC4)c(Cl)c3)n2C)n(CC)c1=O. The minimum atomic E-state index is -2.61. The summed E-state index contributed by atoms with van der Waals surface area (Å²) in [6.45, 7) is 4.26. The second-order valence-electron chi connectivity index (χ2n) is 8.47. The second kappa shape index (κ2) is 9.37. The summed E-state index contributed by atoms with van der Waals surface area (Å²) in [6.07, 6.45) is 3.50. The fourth-order valence-electron chi connectivity index (χ4n) is 4.29. The third-order valence-corrected chi connectivity index (χ3v) is 6.54. The molecule has 2 aromatic heterocycles. The number of aromatic nitrogens is 4. The van der Waals surface area contributed by atoms with Crippen LogP contribution in [0.2, 0.25) is 5.02 Å². The van der Waals surface area contributed by atoms with Gasteiger partial charge in [-0.15, -0.1) is 0 Å². The largest absolute Gasteiger partial charge is 0.489 e. The van der Waals surface area contributed by atoms with Crippen molar-refractivity contribution in [1.82, 2.24) is 18.7 Å². The van der Waals surface area contributed by atoms with Crippen LogP contribution >= 0.6 is 11.6 Å². The molecule has 0 spiro atoms. The molecule has 0 amide bonds. The Hall–Kier alpha value is -2.94. The zero-order valence-corrected chi connectivity index (χ0v) is 20.1. The van der Waals surface area contributed by atoms with E-state index in [1.54, 1.807) is 42.8 Å². The number of halogens is 3. The highest BCUT2D eigenvalue weighted by Crippen LogP contribution is 2.36. The van der Waals surface area contributed by atoms with Crippen molar-refractivity contribution in [2.24, 2.45) is 7.05 Å². The Morgan fingerprint density at radius 1 is 1.15 bits per heavy atom. The van der Waals surface area contributed by atoms with Crippen LogP contribution in [0.25, 0.3) is 23.3 Å². The van der Waals surface area contributed by atoms with Gasteiger partial charge in [0.15, 0.2) is 11.2 Å². The number of hydrogen-bond acceptors (Lipinski definition) is 4. The average Bonchev–Trinajstić information content (AvgIpc) is 3.12. The molecule has 3 aromatic rings. The summed E-state index contributed by atoms with van der Waals surface area (Å²) in [7, 11) is 1.73. The van der Waals surface area contributed by atoms with Gasteiger partial charge in [0.2, 0.25) is 5.92 Å². The van der Waals surface area contributed by atoms with Gasteiger partial charge in [0.25, 0.3) is 5.56 Å².